The van der Waals surface area contributed by atoms with Crippen LogP contribution in [0, 0.1) is 0 Å². The molecule has 114 valence electrons. The number of carbonyl (C=O) groups is 3. The quantitative estimate of drug-likeness (QED) is 0.769. The second kappa shape index (κ2) is 6.64. The van der Waals surface area contributed by atoms with Crippen LogP contribution in [0.5, 0.6) is 0 Å². The predicted molar refractivity (Wildman–Crippen MR) is 68.0 cm³/mol. The first-order chi connectivity index (χ1) is 9.70. The highest BCUT2D eigenvalue weighted by Crippen LogP contribution is 2.16. The second-order valence-electron chi connectivity index (χ2n) is 4.11. The summed E-state index contributed by atoms with van der Waals surface area (Å²) in [5.74, 6) is -2.76. The number of aromatic carboxylic acids is 2. The van der Waals surface area contributed by atoms with Crippen LogP contribution in [0.2, 0.25) is 0 Å². The van der Waals surface area contributed by atoms with Gasteiger partial charge in [0.25, 0.3) is 6.43 Å². The van der Waals surface area contributed by atoms with Gasteiger partial charge in [-0.1, -0.05) is 0 Å². The van der Waals surface area contributed by atoms with Crippen LogP contribution in [0.3, 0.4) is 0 Å². The molecule has 0 radical (unpaired) electrons. The van der Waals surface area contributed by atoms with Crippen LogP contribution >= 0.6 is 0 Å². The summed E-state index contributed by atoms with van der Waals surface area (Å²) in [5.41, 5.74) is -0.804. The molecule has 0 aliphatic carbocycles. The van der Waals surface area contributed by atoms with E-state index in [-0.39, 0.29) is 16.8 Å². The SMILES string of the molecule is CN(CC(F)F)C(=O)Nc1cc(C(=O)O)cc(C(=O)O)c1. The average molecular weight is 302 g/mol. The predicted octanol–water partition coefficient (Wildman–Crippen LogP) is 1.81. The number of halogens is 2. The van der Waals surface area contributed by atoms with Gasteiger partial charge in [0.2, 0.25) is 0 Å². The van der Waals surface area contributed by atoms with E-state index in [9.17, 15) is 23.2 Å². The first kappa shape index (κ1) is 16.3. The highest BCUT2D eigenvalue weighted by Gasteiger charge is 2.16. The number of nitrogens with zero attached hydrogens (tertiary/aromatic N) is 1. The molecular weight excluding hydrogens is 290 g/mol. The molecule has 0 spiro atoms. The molecule has 7 nitrogen and oxygen atoms in total. The largest absolute Gasteiger partial charge is 0.478 e. The van der Waals surface area contributed by atoms with Gasteiger partial charge < -0.3 is 20.4 Å². The van der Waals surface area contributed by atoms with Gasteiger partial charge in [0.1, 0.15) is 0 Å². The Morgan fingerprint density at radius 3 is 2.00 bits per heavy atom. The number of urea groups is 1. The summed E-state index contributed by atoms with van der Waals surface area (Å²) in [7, 11) is 1.13. The number of hydrogen-bond acceptors (Lipinski definition) is 3. The number of hydrogen-bond donors (Lipinski definition) is 3. The Kier molecular flexibility index (Phi) is 5.17. The number of anilines is 1. The Labute approximate surface area is 117 Å². The van der Waals surface area contributed by atoms with Crippen LogP contribution in [0.25, 0.3) is 0 Å². The van der Waals surface area contributed by atoms with Gasteiger partial charge in [0.15, 0.2) is 0 Å². The van der Waals surface area contributed by atoms with E-state index in [1.165, 1.54) is 0 Å². The lowest BCUT2D eigenvalue weighted by Gasteiger charge is -2.17. The Morgan fingerprint density at radius 2 is 1.62 bits per heavy atom. The van der Waals surface area contributed by atoms with E-state index in [0.29, 0.717) is 4.90 Å². The first-order valence-electron chi connectivity index (χ1n) is 5.62. The number of rotatable bonds is 5. The van der Waals surface area contributed by atoms with Gasteiger partial charge in [0.05, 0.1) is 17.7 Å². The molecule has 0 heterocycles. The normalized spacial score (nSPS) is 10.3. The van der Waals surface area contributed by atoms with E-state index in [0.717, 1.165) is 25.2 Å². The zero-order chi connectivity index (χ0) is 16.2. The van der Waals surface area contributed by atoms with E-state index < -0.39 is 30.9 Å². The third-order valence-corrected chi connectivity index (χ3v) is 2.44. The van der Waals surface area contributed by atoms with Gasteiger partial charge in [-0.05, 0) is 18.2 Å². The molecule has 0 aliphatic heterocycles. The van der Waals surface area contributed by atoms with Crippen molar-refractivity contribution in [3.63, 3.8) is 0 Å². The Bertz CT molecular complexity index is 545. The van der Waals surface area contributed by atoms with Crippen molar-refractivity contribution >= 4 is 23.7 Å². The third-order valence-electron chi connectivity index (χ3n) is 2.44. The highest BCUT2D eigenvalue weighted by molar-refractivity contribution is 5.98. The fourth-order valence-electron chi connectivity index (χ4n) is 1.46. The zero-order valence-corrected chi connectivity index (χ0v) is 10.8. The summed E-state index contributed by atoms with van der Waals surface area (Å²) < 4.78 is 24.3. The maximum Gasteiger partial charge on any atom is 0.335 e. The van der Waals surface area contributed by atoms with Crippen molar-refractivity contribution < 1.29 is 33.4 Å². The molecule has 3 N–H and O–H groups in total. The molecule has 2 amide bonds. The van der Waals surface area contributed by atoms with Crippen LogP contribution in [-0.2, 0) is 0 Å². The van der Waals surface area contributed by atoms with Crippen LogP contribution in [-0.4, -0.2) is 53.1 Å². The molecule has 0 bridgehead atoms. The summed E-state index contributed by atoms with van der Waals surface area (Å²) in [6.45, 7) is -0.809. The average Bonchev–Trinajstić information content (AvgIpc) is 2.37. The number of alkyl halides is 2. The Balaban J connectivity index is 2.99. The minimum atomic E-state index is -2.72. The Hall–Kier alpha value is -2.71. The molecule has 0 unspecified atom stereocenters. The molecule has 9 heteroatoms. The third kappa shape index (κ3) is 4.71. The van der Waals surface area contributed by atoms with Crippen molar-refractivity contribution in [1.29, 1.82) is 0 Å². The highest BCUT2D eigenvalue weighted by atomic mass is 19.3. The van der Waals surface area contributed by atoms with Crippen molar-refractivity contribution in [2.24, 2.45) is 0 Å². The summed E-state index contributed by atoms with van der Waals surface area (Å²) >= 11 is 0. The number of carboxylic acids is 2. The molecule has 0 fully saturated rings. The summed E-state index contributed by atoms with van der Waals surface area (Å²) in [6.07, 6.45) is -2.72. The van der Waals surface area contributed by atoms with Crippen molar-refractivity contribution in [3.8, 4) is 0 Å². The lowest BCUT2D eigenvalue weighted by Crippen LogP contribution is -2.35. The zero-order valence-electron chi connectivity index (χ0n) is 10.8. The number of carbonyl (C=O) groups excluding carboxylic acids is 1. The molecule has 0 saturated heterocycles. The van der Waals surface area contributed by atoms with Crippen molar-refractivity contribution in [2.75, 3.05) is 18.9 Å². The molecule has 0 aliphatic rings. The van der Waals surface area contributed by atoms with Gasteiger partial charge in [-0.15, -0.1) is 0 Å². The topological polar surface area (TPSA) is 107 Å². The fraction of sp³-hybridized carbons (Fsp3) is 0.250. The minimum Gasteiger partial charge on any atom is -0.478 e. The minimum absolute atomic E-state index is 0.113. The van der Waals surface area contributed by atoms with Crippen molar-refractivity contribution in [3.05, 3.63) is 29.3 Å². The summed E-state index contributed by atoms with van der Waals surface area (Å²) in [6, 6.07) is 2.07. The lowest BCUT2D eigenvalue weighted by molar-refractivity contribution is 0.0696. The molecule has 0 aromatic heterocycles. The molecule has 21 heavy (non-hydrogen) atoms. The first-order valence-corrected chi connectivity index (χ1v) is 5.62. The smallest absolute Gasteiger partial charge is 0.335 e. The van der Waals surface area contributed by atoms with E-state index >= 15 is 0 Å². The number of benzene rings is 1. The number of carboxylic acid groups (broad SMARTS) is 2. The fourth-order valence-corrected chi connectivity index (χ4v) is 1.46. The van der Waals surface area contributed by atoms with Crippen molar-refractivity contribution in [2.45, 2.75) is 6.43 Å². The van der Waals surface area contributed by atoms with Gasteiger partial charge in [-0.3, -0.25) is 0 Å². The van der Waals surface area contributed by atoms with Crippen LogP contribution < -0.4 is 5.32 Å². The van der Waals surface area contributed by atoms with Crippen molar-refractivity contribution in [1.82, 2.24) is 4.90 Å². The van der Waals surface area contributed by atoms with Gasteiger partial charge >= 0.3 is 18.0 Å². The number of nitrogens with one attached hydrogen (secondary N) is 1. The van der Waals surface area contributed by atoms with Gasteiger partial charge in [0, 0.05) is 12.7 Å². The van der Waals surface area contributed by atoms with Gasteiger partial charge in [-0.25, -0.2) is 23.2 Å². The standard InChI is InChI=1S/C12H12F2N2O5/c1-16(5-9(13)14)12(21)15-8-3-6(10(17)18)2-7(4-8)11(19)20/h2-4,9H,5H2,1H3,(H,15,21)(H,17,18)(H,19,20). The molecule has 0 atom stereocenters. The molecule has 1 aromatic carbocycles. The van der Waals surface area contributed by atoms with E-state index in [4.69, 9.17) is 10.2 Å². The van der Waals surface area contributed by atoms with Crippen LogP contribution in [0.15, 0.2) is 18.2 Å². The molecule has 1 aromatic rings. The lowest BCUT2D eigenvalue weighted by atomic mass is 10.1. The number of amides is 2. The van der Waals surface area contributed by atoms with Crippen LogP contribution in [0.1, 0.15) is 20.7 Å². The van der Waals surface area contributed by atoms with E-state index in [1.807, 2.05) is 0 Å². The monoisotopic (exact) mass is 302 g/mol. The summed E-state index contributed by atoms with van der Waals surface area (Å²) in [5, 5.41) is 19.9. The van der Waals surface area contributed by atoms with E-state index in [2.05, 4.69) is 5.32 Å². The molecular formula is C12H12F2N2O5. The maximum absolute atomic E-state index is 12.1. The van der Waals surface area contributed by atoms with E-state index in [1.54, 1.807) is 0 Å². The van der Waals surface area contributed by atoms with Crippen LogP contribution in [0.4, 0.5) is 19.3 Å². The summed E-state index contributed by atoms with van der Waals surface area (Å²) in [4.78, 5) is 34.0. The van der Waals surface area contributed by atoms with Gasteiger partial charge in [-0.2, -0.15) is 0 Å². The molecule has 0 saturated carbocycles. The molecule has 1 rings (SSSR count). The Morgan fingerprint density at radius 1 is 1.14 bits per heavy atom. The maximum atomic E-state index is 12.1. The second-order valence-corrected chi connectivity index (χ2v) is 4.11.